The molecule has 1 amide bonds. The predicted molar refractivity (Wildman–Crippen MR) is 177 cm³/mol. The van der Waals surface area contributed by atoms with Crippen molar-refractivity contribution in [1.29, 1.82) is 0 Å². The molecular formula is C33H40Cl2N6O2. The van der Waals surface area contributed by atoms with Gasteiger partial charge in [-0.2, -0.15) is 0 Å². The molecule has 0 fully saturated rings. The summed E-state index contributed by atoms with van der Waals surface area (Å²) in [5.74, 6) is 0.689. The lowest BCUT2D eigenvalue weighted by Crippen LogP contribution is -2.51. The third-order valence-corrected chi connectivity index (χ3v) is 9.38. The minimum absolute atomic E-state index is 0.174. The number of para-hydroxylation sites is 1. The van der Waals surface area contributed by atoms with Crippen molar-refractivity contribution in [3.8, 4) is 5.75 Å². The first-order valence-electron chi connectivity index (χ1n) is 15.0. The van der Waals surface area contributed by atoms with Crippen LogP contribution in [0.4, 0.5) is 17.1 Å². The number of ether oxygens (including phenoxy) is 1. The Morgan fingerprint density at radius 2 is 1.81 bits per heavy atom. The average Bonchev–Trinajstić information content (AvgIpc) is 3.31. The molecule has 0 aliphatic carbocycles. The van der Waals surface area contributed by atoms with Crippen molar-refractivity contribution in [3.05, 3.63) is 77.1 Å². The third-order valence-electron chi connectivity index (χ3n) is 8.32. The summed E-state index contributed by atoms with van der Waals surface area (Å²) in [6, 6.07) is 19.6. The number of anilines is 3. The number of aromatic nitrogens is 2. The van der Waals surface area contributed by atoms with Gasteiger partial charge in [0.25, 0.3) is 5.91 Å². The van der Waals surface area contributed by atoms with E-state index in [2.05, 4.69) is 39.7 Å². The van der Waals surface area contributed by atoms with Crippen LogP contribution in [0.25, 0.3) is 11.0 Å². The number of likely N-dealkylation sites (N-methyl/N-ethyl adjacent to an activating group) is 1. The lowest BCUT2D eigenvalue weighted by Gasteiger charge is -2.40. The number of nitrogens with zero attached hydrogens (tertiary/aromatic N) is 3. The summed E-state index contributed by atoms with van der Waals surface area (Å²) >= 11 is 14.0. The third kappa shape index (κ3) is 6.56. The van der Waals surface area contributed by atoms with Crippen molar-refractivity contribution in [2.45, 2.75) is 44.5 Å². The van der Waals surface area contributed by atoms with E-state index < -0.39 is 4.87 Å². The molecule has 2 heterocycles. The molecule has 1 aromatic heterocycles. The Labute approximate surface area is 263 Å². The SMILES string of the molecule is CCN(CC)CCOc1ccc(NCCCC2(Cl)c3cc(Nc4ccccc4)c4nc(Cl)n(C)c4c3C(=O)NC2C)cc1. The summed E-state index contributed by atoms with van der Waals surface area (Å²) in [4.78, 5) is 19.5. The minimum atomic E-state index is -0.828. The maximum atomic E-state index is 13.4. The van der Waals surface area contributed by atoms with Crippen LogP contribution in [0.3, 0.4) is 0 Å². The standard InChI is InChI=1S/C33H40Cl2N6O2/c1-5-41(6-2)19-20-43-25-15-13-23(14-16-25)36-18-10-17-33(35)22(3)37-31(42)28-26(33)21-27(38-24-11-8-7-9-12-24)29-30(28)40(4)32(34)39-29/h7-9,11-16,21-22,36,38H,5-6,10,17-20H2,1-4H3,(H,37,42). The van der Waals surface area contributed by atoms with Crippen LogP contribution in [0.15, 0.2) is 60.7 Å². The molecule has 0 bridgehead atoms. The van der Waals surface area contributed by atoms with E-state index in [1.807, 2.05) is 74.6 Å². The van der Waals surface area contributed by atoms with Gasteiger partial charge in [0.2, 0.25) is 5.28 Å². The molecule has 1 aliphatic rings. The number of aryl methyl sites for hydroxylation is 1. The smallest absolute Gasteiger partial charge is 0.254 e. The Balaban J connectivity index is 1.32. The van der Waals surface area contributed by atoms with Crippen LogP contribution in [0.1, 0.15) is 49.5 Å². The lowest BCUT2D eigenvalue weighted by atomic mass is 9.80. The molecule has 1 aliphatic heterocycles. The average molecular weight is 624 g/mol. The molecule has 3 N–H and O–H groups in total. The highest BCUT2D eigenvalue weighted by Crippen LogP contribution is 2.46. The summed E-state index contributed by atoms with van der Waals surface area (Å²) in [7, 11) is 1.82. The minimum Gasteiger partial charge on any atom is -0.492 e. The van der Waals surface area contributed by atoms with Crippen molar-refractivity contribution < 1.29 is 9.53 Å². The Kier molecular flexibility index (Phi) is 9.69. The van der Waals surface area contributed by atoms with Crippen molar-refractivity contribution in [1.82, 2.24) is 19.8 Å². The van der Waals surface area contributed by atoms with Gasteiger partial charge in [-0.25, -0.2) is 4.98 Å². The first-order valence-corrected chi connectivity index (χ1v) is 15.7. The molecule has 0 saturated heterocycles. The Bertz CT molecular complexity index is 1560. The summed E-state index contributed by atoms with van der Waals surface area (Å²) < 4.78 is 7.66. The van der Waals surface area contributed by atoms with Gasteiger partial charge in [-0.1, -0.05) is 32.0 Å². The van der Waals surface area contributed by atoms with Gasteiger partial charge in [-0.3, -0.25) is 4.79 Å². The second-order valence-electron chi connectivity index (χ2n) is 11.0. The molecule has 0 radical (unpaired) electrons. The second kappa shape index (κ2) is 13.5. The van der Waals surface area contributed by atoms with E-state index in [1.165, 1.54) is 0 Å². The highest BCUT2D eigenvalue weighted by atomic mass is 35.5. The fourth-order valence-electron chi connectivity index (χ4n) is 5.73. The van der Waals surface area contributed by atoms with Crippen LogP contribution in [-0.4, -0.2) is 59.2 Å². The maximum Gasteiger partial charge on any atom is 0.254 e. The second-order valence-corrected chi connectivity index (χ2v) is 12.0. The van der Waals surface area contributed by atoms with E-state index in [0.717, 1.165) is 61.0 Å². The van der Waals surface area contributed by atoms with E-state index in [1.54, 1.807) is 4.57 Å². The lowest BCUT2D eigenvalue weighted by molar-refractivity contribution is 0.0911. The fourth-order valence-corrected chi connectivity index (χ4v) is 6.24. The quantitative estimate of drug-likeness (QED) is 0.108. The number of amides is 1. The first kappa shape index (κ1) is 31.0. The van der Waals surface area contributed by atoms with Crippen LogP contribution in [0, 0.1) is 0 Å². The van der Waals surface area contributed by atoms with Gasteiger partial charge in [0.1, 0.15) is 17.9 Å². The van der Waals surface area contributed by atoms with Crippen molar-refractivity contribution >= 4 is 57.2 Å². The highest BCUT2D eigenvalue weighted by molar-refractivity contribution is 6.30. The van der Waals surface area contributed by atoms with E-state index >= 15 is 0 Å². The van der Waals surface area contributed by atoms with Gasteiger partial charge in [-0.05, 0) is 92.5 Å². The van der Waals surface area contributed by atoms with Crippen molar-refractivity contribution in [2.75, 3.05) is 43.4 Å². The Hall–Kier alpha value is -3.46. The molecule has 228 valence electrons. The monoisotopic (exact) mass is 622 g/mol. The molecule has 3 aromatic carbocycles. The number of imidazole rings is 1. The number of rotatable bonds is 13. The van der Waals surface area contributed by atoms with Gasteiger partial charge >= 0.3 is 0 Å². The molecular weight excluding hydrogens is 583 g/mol. The van der Waals surface area contributed by atoms with Crippen LogP contribution in [0.5, 0.6) is 5.75 Å². The molecule has 0 spiro atoms. The zero-order chi connectivity index (χ0) is 30.6. The number of nitrogens with one attached hydrogen (secondary N) is 3. The Morgan fingerprint density at radius 1 is 1.09 bits per heavy atom. The van der Waals surface area contributed by atoms with Crippen LogP contribution in [-0.2, 0) is 11.9 Å². The molecule has 2 unspecified atom stereocenters. The van der Waals surface area contributed by atoms with Gasteiger partial charge in [0.05, 0.1) is 21.6 Å². The van der Waals surface area contributed by atoms with Gasteiger partial charge in [0, 0.05) is 37.6 Å². The maximum absolute atomic E-state index is 13.4. The number of hydrogen-bond donors (Lipinski definition) is 3. The van der Waals surface area contributed by atoms with Crippen LogP contribution >= 0.6 is 23.2 Å². The van der Waals surface area contributed by atoms with Gasteiger partial charge in [-0.15, -0.1) is 11.6 Å². The van der Waals surface area contributed by atoms with E-state index in [-0.39, 0.29) is 11.9 Å². The molecule has 0 saturated carbocycles. The largest absolute Gasteiger partial charge is 0.492 e. The van der Waals surface area contributed by atoms with E-state index in [4.69, 9.17) is 27.9 Å². The molecule has 5 rings (SSSR count). The first-order chi connectivity index (χ1) is 20.7. The van der Waals surface area contributed by atoms with Gasteiger partial charge in [0.15, 0.2) is 0 Å². The zero-order valence-electron chi connectivity index (χ0n) is 25.2. The number of benzene rings is 3. The summed E-state index contributed by atoms with van der Waals surface area (Å²) in [5, 5.41) is 10.4. The molecule has 43 heavy (non-hydrogen) atoms. The zero-order valence-corrected chi connectivity index (χ0v) is 26.7. The highest BCUT2D eigenvalue weighted by Gasteiger charge is 2.45. The number of halogens is 2. The molecule has 10 heteroatoms. The topological polar surface area (TPSA) is 83.5 Å². The van der Waals surface area contributed by atoms with E-state index in [0.29, 0.717) is 34.9 Å². The molecule has 8 nitrogen and oxygen atoms in total. The normalized spacial score (nSPS) is 18.0. The van der Waals surface area contributed by atoms with Gasteiger partial charge < -0.3 is 30.2 Å². The number of carbonyl (C=O) groups is 1. The summed E-state index contributed by atoms with van der Waals surface area (Å²) in [5.41, 5.74) is 5.27. The fraction of sp³-hybridized carbons (Fsp3) is 0.394. The number of carbonyl (C=O) groups excluding carboxylic acids is 1. The molecule has 2 atom stereocenters. The summed E-state index contributed by atoms with van der Waals surface area (Å²) in [6.07, 6.45) is 1.43. The summed E-state index contributed by atoms with van der Waals surface area (Å²) in [6.45, 7) is 10.6. The molecule has 4 aromatic rings. The van der Waals surface area contributed by atoms with Crippen molar-refractivity contribution in [3.63, 3.8) is 0 Å². The van der Waals surface area contributed by atoms with Crippen molar-refractivity contribution in [2.24, 2.45) is 7.05 Å². The predicted octanol–water partition coefficient (Wildman–Crippen LogP) is 7.15. The van der Waals surface area contributed by atoms with Crippen LogP contribution in [0.2, 0.25) is 5.28 Å². The van der Waals surface area contributed by atoms with E-state index in [9.17, 15) is 4.79 Å². The number of fused-ring (bicyclic) bond motifs is 3. The number of hydrogen-bond acceptors (Lipinski definition) is 6. The van der Waals surface area contributed by atoms with Crippen LogP contribution < -0.4 is 20.7 Å². The Morgan fingerprint density at radius 3 is 2.51 bits per heavy atom. The number of alkyl halides is 1.